The van der Waals surface area contributed by atoms with Crippen molar-refractivity contribution in [2.24, 2.45) is 5.92 Å². The van der Waals surface area contributed by atoms with Crippen LogP contribution in [0.1, 0.15) is 44.2 Å². The number of aliphatic hydroxyl groups is 1. The number of rotatable bonds is 4. The Labute approximate surface area is 119 Å². The van der Waals surface area contributed by atoms with Gasteiger partial charge in [0.25, 0.3) is 0 Å². The third kappa shape index (κ3) is 3.68. The van der Waals surface area contributed by atoms with Gasteiger partial charge in [0.15, 0.2) is 0 Å². The summed E-state index contributed by atoms with van der Waals surface area (Å²) in [5.74, 6) is -0.0662. The zero-order valence-corrected chi connectivity index (χ0v) is 12.0. The fourth-order valence-electron chi connectivity index (χ4n) is 2.84. The first kappa shape index (κ1) is 14.8. The van der Waals surface area contributed by atoms with Gasteiger partial charge in [-0.25, -0.2) is 4.39 Å². The highest BCUT2D eigenvalue weighted by molar-refractivity contribution is 6.30. The molecule has 1 aromatic carbocycles. The van der Waals surface area contributed by atoms with Crippen LogP contribution >= 0.6 is 11.6 Å². The maximum absolute atomic E-state index is 13.5. The van der Waals surface area contributed by atoms with Crippen LogP contribution in [0.5, 0.6) is 0 Å². The molecule has 3 atom stereocenters. The van der Waals surface area contributed by atoms with E-state index < -0.39 is 0 Å². The van der Waals surface area contributed by atoms with E-state index in [0.717, 1.165) is 18.4 Å². The van der Waals surface area contributed by atoms with E-state index in [1.165, 1.54) is 18.9 Å². The van der Waals surface area contributed by atoms with E-state index in [4.69, 9.17) is 11.6 Å². The molecule has 106 valence electrons. The quantitative estimate of drug-likeness (QED) is 0.884. The van der Waals surface area contributed by atoms with Crippen molar-refractivity contribution >= 4 is 11.6 Å². The summed E-state index contributed by atoms with van der Waals surface area (Å²) in [6, 6.07) is 5.29. The number of hydrogen-bond acceptors (Lipinski definition) is 2. The smallest absolute Gasteiger partial charge is 0.142 e. The molecule has 0 aliphatic heterocycles. The summed E-state index contributed by atoms with van der Waals surface area (Å²) in [6.07, 6.45) is 4.52. The van der Waals surface area contributed by atoms with Crippen molar-refractivity contribution in [3.05, 3.63) is 34.6 Å². The lowest BCUT2D eigenvalue weighted by molar-refractivity contribution is 0.147. The maximum atomic E-state index is 13.5. The van der Waals surface area contributed by atoms with Crippen LogP contribution in [0, 0.1) is 11.7 Å². The number of aliphatic hydroxyl groups excluding tert-OH is 1. The normalized spacial score (nSPS) is 25.3. The topological polar surface area (TPSA) is 32.3 Å². The molecule has 0 heterocycles. The molecule has 0 aromatic heterocycles. The Bertz CT molecular complexity index is 427. The summed E-state index contributed by atoms with van der Waals surface area (Å²) in [6.45, 7) is 2.24. The Morgan fingerprint density at radius 2 is 2.16 bits per heavy atom. The first-order valence-electron chi connectivity index (χ1n) is 6.93. The summed E-state index contributed by atoms with van der Waals surface area (Å²) >= 11 is 5.69. The van der Waals surface area contributed by atoms with Crippen LogP contribution in [-0.2, 0) is 0 Å². The largest absolute Gasteiger partial charge is 0.396 e. The van der Waals surface area contributed by atoms with Crippen molar-refractivity contribution in [2.45, 2.75) is 44.7 Å². The molecule has 1 aliphatic rings. The lowest BCUT2D eigenvalue weighted by atomic mass is 9.84. The molecule has 0 amide bonds. The van der Waals surface area contributed by atoms with E-state index in [-0.39, 0.29) is 23.5 Å². The number of benzene rings is 1. The number of nitrogens with one attached hydrogen (secondary N) is 1. The van der Waals surface area contributed by atoms with Crippen molar-refractivity contribution in [3.8, 4) is 0 Å². The highest BCUT2D eigenvalue weighted by atomic mass is 35.5. The lowest BCUT2D eigenvalue weighted by Gasteiger charge is -2.33. The Hall–Kier alpha value is -0.640. The van der Waals surface area contributed by atoms with E-state index in [1.807, 2.05) is 13.0 Å². The lowest BCUT2D eigenvalue weighted by Crippen LogP contribution is -2.41. The monoisotopic (exact) mass is 285 g/mol. The third-order valence-corrected chi connectivity index (χ3v) is 4.36. The van der Waals surface area contributed by atoms with Crippen LogP contribution in [0.2, 0.25) is 5.02 Å². The fraction of sp³-hybridized carbons (Fsp3) is 0.600. The van der Waals surface area contributed by atoms with Gasteiger partial charge in [-0.05, 0) is 43.4 Å². The minimum absolute atomic E-state index is 0.0592. The van der Waals surface area contributed by atoms with Crippen LogP contribution in [-0.4, -0.2) is 17.8 Å². The van der Waals surface area contributed by atoms with Gasteiger partial charge in [0.05, 0.1) is 5.02 Å². The maximum Gasteiger partial charge on any atom is 0.142 e. The van der Waals surface area contributed by atoms with Gasteiger partial charge in [-0.1, -0.05) is 30.5 Å². The molecule has 1 aromatic rings. The molecular weight excluding hydrogens is 265 g/mol. The first-order chi connectivity index (χ1) is 9.11. The molecule has 0 radical (unpaired) electrons. The van der Waals surface area contributed by atoms with Crippen molar-refractivity contribution in [2.75, 3.05) is 6.61 Å². The molecule has 2 nitrogen and oxygen atoms in total. The van der Waals surface area contributed by atoms with Gasteiger partial charge < -0.3 is 10.4 Å². The van der Waals surface area contributed by atoms with E-state index in [2.05, 4.69) is 5.32 Å². The van der Waals surface area contributed by atoms with Gasteiger partial charge in [0.2, 0.25) is 0 Å². The SMILES string of the molecule is CC(NC1CCCCC1CO)c1ccc(Cl)c(F)c1. The van der Waals surface area contributed by atoms with E-state index >= 15 is 0 Å². The molecule has 4 heteroatoms. The molecular formula is C15H21ClFNO. The van der Waals surface area contributed by atoms with Gasteiger partial charge in [-0.15, -0.1) is 0 Å². The summed E-state index contributed by atoms with van der Waals surface area (Å²) in [4.78, 5) is 0. The summed E-state index contributed by atoms with van der Waals surface area (Å²) in [5.41, 5.74) is 0.893. The van der Waals surface area contributed by atoms with Crippen LogP contribution in [0.25, 0.3) is 0 Å². The molecule has 1 aliphatic carbocycles. The molecule has 0 spiro atoms. The molecule has 2 N–H and O–H groups in total. The third-order valence-electron chi connectivity index (χ3n) is 4.05. The molecule has 1 fully saturated rings. The Balaban J connectivity index is 2.02. The molecule has 1 saturated carbocycles. The van der Waals surface area contributed by atoms with Gasteiger partial charge in [-0.2, -0.15) is 0 Å². The number of hydrogen-bond donors (Lipinski definition) is 2. The van der Waals surface area contributed by atoms with Crippen LogP contribution in [0.3, 0.4) is 0 Å². The number of halogens is 2. The van der Waals surface area contributed by atoms with Crippen molar-refractivity contribution in [3.63, 3.8) is 0 Å². The second-order valence-corrected chi connectivity index (χ2v) is 5.80. The zero-order chi connectivity index (χ0) is 13.8. The van der Waals surface area contributed by atoms with Gasteiger partial charge >= 0.3 is 0 Å². The van der Waals surface area contributed by atoms with Crippen LogP contribution < -0.4 is 5.32 Å². The van der Waals surface area contributed by atoms with Gasteiger partial charge in [-0.3, -0.25) is 0 Å². The van der Waals surface area contributed by atoms with Gasteiger partial charge in [0, 0.05) is 18.7 Å². The van der Waals surface area contributed by atoms with Crippen LogP contribution in [0.4, 0.5) is 4.39 Å². The minimum atomic E-state index is -0.379. The molecule has 0 saturated heterocycles. The first-order valence-corrected chi connectivity index (χ1v) is 7.31. The average Bonchev–Trinajstić information content (AvgIpc) is 2.42. The highest BCUT2D eigenvalue weighted by Gasteiger charge is 2.25. The zero-order valence-electron chi connectivity index (χ0n) is 11.2. The Morgan fingerprint density at radius 1 is 1.42 bits per heavy atom. The standard InChI is InChI=1S/C15H21ClFNO/c1-10(11-6-7-13(16)14(17)8-11)18-15-5-3-2-4-12(15)9-19/h6-8,10,12,15,18-19H,2-5,9H2,1H3. The summed E-state index contributed by atoms with van der Waals surface area (Å²) in [5, 5.41) is 13.1. The van der Waals surface area contributed by atoms with Gasteiger partial charge in [0.1, 0.15) is 5.82 Å². The van der Waals surface area contributed by atoms with Crippen LogP contribution in [0.15, 0.2) is 18.2 Å². The predicted octanol–water partition coefficient (Wildman–Crippen LogP) is 3.68. The Morgan fingerprint density at radius 3 is 2.84 bits per heavy atom. The van der Waals surface area contributed by atoms with Crippen molar-refractivity contribution in [1.29, 1.82) is 0 Å². The summed E-state index contributed by atoms with van der Waals surface area (Å²) in [7, 11) is 0. The molecule has 2 rings (SSSR count). The Kier molecular flexibility index (Phi) is 5.20. The van der Waals surface area contributed by atoms with E-state index in [1.54, 1.807) is 6.07 Å². The molecule has 3 unspecified atom stereocenters. The summed E-state index contributed by atoms with van der Waals surface area (Å²) < 4.78 is 13.5. The van der Waals surface area contributed by atoms with E-state index in [9.17, 15) is 9.50 Å². The average molecular weight is 286 g/mol. The molecule has 19 heavy (non-hydrogen) atoms. The second-order valence-electron chi connectivity index (χ2n) is 5.40. The van der Waals surface area contributed by atoms with Crippen molar-refractivity contribution < 1.29 is 9.50 Å². The van der Waals surface area contributed by atoms with Crippen molar-refractivity contribution in [1.82, 2.24) is 5.32 Å². The van der Waals surface area contributed by atoms with E-state index in [0.29, 0.717) is 12.0 Å². The second kappa shape index (κ2) is 6.69. The predicted molar refractivity (Wildman–Crippen MR) is 75.8 cm³/mol. The fourth-order valence-corrected chi connectivity index (χ4v) is 2.96. The minimum Gasteiger partial charge on any atom is -0.396 e. The molecule has 0 bridgehead atoms. The highest BCUT2D eigenvalue weighted by Crippen LogP contribution is 2.27.